The first-order valence-corrected chi connectivity index (χ1v) is 11.9. The number of hydrogen-bond acceptors (Lipinski definition) is 5. The molecule has 2 aliphatic rings. The van der Waals surface area contributed by atoms with E-state index < -0.39 is 29.4 Å². The van der Waals surface area contributed by atoms with Crippen molar-refractivity contribution < 1.29 is 24.3 Å². The first kappa shape index (κ1) is 25.5. The van der Waals surface area contributed by atoms with Gasteiger partial charge in [-0.3, -0.25) is 14.4 Å². The number of nitriles is 1. The Hall–Kier alpha value is -3.61. The van der Waals surface area contributed by atoms with Crippen LogP contribution < -0.4 is 4.90 Å². The van der Waals surface area contributed by atoms with Gasteiger partial charge in [-0.15, -0.1) is 0 Å². The topological polar surface area (TPSA) is 122 Å². The maximum absolute atomic E-state index is 14.1. The van der Waals surface area contributed by atoms with Crippen molar-refractivity contribution in [3.63, 3.8) is 0 Å². The van der Waals surface area contributed by atoms with Crippen LogP contribution in [0.4, 0.5) is 10.5 Å². The van der Waals surface area contributed by atoms with Gasteiger partial charge in [0.05, 0.1) is 23.9 Å². The molecule has 1 spiro atoms. The summed E-state index contributed by atoms with van der Waals surface area (Å²) < 4.78 is 0. The molecule has 186 valence electrons. The first-order valence-electron chi connectivity index (χ1n) is 11.2. The van der Waals surface area contributed by atoms with E-state index in [0.29, 0.717) is 11.1 Å². The quantitative estimate of drug-likeness (QED) is 0.567. The van der Waals surface area contributed by atoms with Crippen molar-refractivity contribution in [3.8, 4) is 6.07 Å². The number of anilines is 1. The molecule has 2 fully saturated rings. The van der Waals surface area contributed by atoms with E-state index >= 15 is 0 Å². The maximum Gasteiger partial charge on any atom is 0.332 e. The molecule has 9 nitrogen and oxygen atoms in total. The van der Waals surface area contributed by atoms with Crippen LogP contribution in [0.15, 0.2) is 42.5 Å². The van der Waals surface area contributed by atoms with Gasteiger partial charge in [-0.2, -0.15) is 5.26 Å². The molecule has 4 amide bonds. The third kappa shape index (κ3) is 4.38. The van der Waals surface area contributed by atoms with E-state index in [2.05, 4.69) is 6.07 Å². The number of carbonyl (C=O) groups excluding carboxylic acids is 3. The lowest BCUT2D eigenvalue weighted by molar-refractivity contribution is -0.137. The molecule has 2 aromatic rings. The van der Waals surface area contributed by atoms with Gasteiger partial charge >= 0.3 is 12.0 Å². The summed E-state index contributed by atoms with van der Waals surface area (Å²) in [5, 5.41) is 18.6. The number of urea groups is 1. The lowest BCUT2D eigenvalue weighted by Crippen LogP contribution is -2.54. The maximum atomic E-state index is 14.1. The SMILES string of the molecule is CN1C(=O)N(c2cc(Cl)cc(Cl)c2)C(=O)[C@]12CN(C(=O)CCCC(=O)O)C[C@H]2c1ccc(C#N)cc1. The number of hydrogen-bond donors (Lipinski definition) is 1. The molecule has 0 aliphatic carbocycles. The van der Waals surface area contributed by atoms with Crippen LogP contribution in [0.2, 0.25) is 10.0 Å². The summed E-state index contributed by atoms with van der Waals surface area (Å²) in [5.74, 6) is -2.41. The lowest BCUT2D eigenvalue weighted by atomic mass is 9.80. The fraction of sp³-hybridized carbons (Fsp3) is 0.320. The highest BCUT2D eigenvalue weighted by atomic mass is 35.5. The van der Waals surface area contributed by atoms with E-state index in [4.69, 9.17) is 28.3 Å². The minimum absolute atomic E-state index is 0.00192. The molecule has 4 rings (SSSR count). The summed E-state index contributed by atoms with van der Waals surface area (Å²) in [6.07, 6.45) is 0.0153. The Kier molecular flexibility index (Phi) is 6.94. The summed E-state index contributed by atoms with van der Waals surface area (Å²) in [6.45, 7) is 0.0841. The predicted octanol–water partition coefficient (Wildman–Crippen LogP) is 3.88. The summed E-state index contributed by atoms with van der Waals surface area (Å²) in [5.41, 5.74) is -0.0719. The summed E-state index contributed by atoms with van der Waals surface area (Å²) >= 11 is 12.3. The van der Waals surface area contributed by atoms with Crippen molar-refractivity contribution >= 4 is 52.7 Å². The molecule has 2 aromatic carbocycles. The first-order chi connectivity index (χ1) is 17.1. The van der Waals surface area contributed by atoms with E-state index in [-0.39, 0.29) is 54.0 Å². The second-order valence-corrected chi connectivity index (χ2v) is 9.71. The molecule has 2 heterocycles. The van der Waals surface area contributed by atoms with E-state index in [1.54, 1.807) is 24.3 Å². The molecular weight excluding hydrogens is 507 g/mol. The van der Waals surface area contributed by atoms with E-state index in [1.165, 1.54) is 35.0 Å². The summed E-state index contributed by atoms with van der Waals surface area (Å²) in [6, 6.07) is 12.6. The van der Waals surface area contributed by atoms with Gasteiger partial charge in [0.25, 0.3) is 5.91 Å². The van der Waals surface area contributed by atoms with Crippen LogP contribution in [0.3, 0.4) is 0 Å². The monoisotopic (exact) mass is 528 g/mol. The fourth-order valence-electron chi connectivity index (χ4n) is 4.94. The second kappa shape index (κ2) is 9.80. The molecule has 2 saturated heterocycles. The summed E-state index contributed by atoms with van der Waals surface area (Å²) in [4.78, 5) is 55.2. The van der Waals surface area contributed by atoms with Gasteiger partial charge in [-0.05, 0) is 42.3 Å². The number of halogens is 2. The van der Waals surface area contributed by atoms with Crippen molar-refractivity contribution in [3.05, 3.63) is 63.6 Å². The van der Waals surface area contributed by atoms with Gasteiger partial charge < -0.3 is 14.9 Å². The molecule has 0 aromatic heterocycles. The zero-order valence-electron chi connectivity index (χ0n) is 19.3. The number of carboxylic acids is 1. The highest BCUT2D eigenvalue weighted by Crippen LogP contribution is 2.46. The molecular formula is C25H22Cl2N4O5. The Labute approximate surface area is 217 Å². The number of aliphatic carboxylic acids is 1. The van der Waals surface area contributed by atoms with Crippen LogP contribution in [0.25, 0.3) is 0 Å². The van der Waals surface area contributed by atoms with E-state index in [0.717, 1.165) is 4.90 Å². The Morgan fingerprint density at radius 3 is 2.33 bits per heavy atom. The van der Waals surface area contributed by atoms with Crippen LogP contribution in [-0.2, 0) is 14.4 Å². The molecule has 0 unspecified atom stereocenters. The van der Waals surface area contributed by atoms with Gasteiger partial charge in [-0.1, -0.05) is 35.3 Å². The van der Waals surface area contributed by atoms with Crippen molar-refractivity contribution in [1.29, 1.82) is 5.26 Å². The Morgan fingerprint density at radius 1 is 1.11 bits per heavy atom. The van der Waals surface area contributed by atoms with Crippen LogP contribution in [0.1, 0.15) is 36.3 Å². The van der Waals surface area contributed by atoms with Crippen LogP contribution in [0.5, 0.6) is 0 Å². The molecule has 36 heavy (non-hydrogen) atoms. The normalized spacial score (nSPS) is 21.4. The zero-order chi connectivity index (χ0) is 26.2. The number of rotatable bonds is 6. The van der Waals surface area contributed by atoms with Crippen molar-refractivity contribution in [2.45, 2.75) is 30.7 Å². The largest absolute Gasteiger partial charge is 0.481 e. The van der Waals surface area contributed by atoms with Crippen molar-refractivity contribution in [2.24, 2.45) is 0 Å². The van der Waals surface area contributed by atoms with Gasteiger partial charge in [0.2, 0.25) is 5.91 Å². The second-order valence-electron chi connectivity index (χ2n) is 8.84. The number of carboxylic acid groups (broad SMARTS) is 1. The van der Waals surface area contributed by atoms with Gasteiger partial charge in [-0.25, -0.2) is 9.69 Å². The third-order valence-electron chi connectivity index (χ3n) is 6.74. The van der Waals surface area contributed by atoms with Crippen LogP contribution in [-0.4, -0.2) is 64.4 Å². The molecule has 2 atom stereocenters. The minimum Gasteiger partial charge on any atom is -0.481 e. The average molecular weight is 529 g/mol. The number of nitrogens with zero attached hydrogens (tertiary/aromatic N) is 4. The van der Waals surface area contributed by atoms with E-state index in [9.17, 15) is 24.4 Å². The highest BCUT2D eigenvalue weighted by molar-refractivity contribution is 6.35. The Morgan fingerprint density at radius 2 is 1.75 bits per heavy atom. The summed E-state index contributed by atoms with van der Waals surface area (Å²) in [7, 11) is 1.52. The van der Waals surface area contributed by atoms with Gasteiger partial charge in [0, 0.05) is 42.4 Å². The molecule has 0 saturated carbocycles. The Balaban J connectivity index is 1.75. The highest BCUT2D eigenvalue weighted by Gasteiger charge is 2.64. The van der Waals surface area contributed by atoms with Gasteiger partial charge in [0.1, 0.15) is 5.54 Å². The van der Waals surface area contributed by atoms with Crippen LogP contribution >= 0.6 is 23.2 Å². The average Bonchev–Trinajstić information content (AvgIpc) is 3.32. The van der Waals surface area contributed by atoms with Gasteiger partial charge in [0.15, 0.2) is 0 Å². The Bertz CT molecular complexity index is 1270. The molecule has 1 N–H and O–H groups in total. The smallest absolute Gasteiger partial charge is 0.332 e. The van der Waals surface area contributed by atoms with Crippen molar-refractivity contribution in [1.82, 2.24) is 9.80 Å². The number of imide groups is 1. The third-order valence-corrected chi connectivity index (χ3v) is 7.18. The molecule has 0 radical (unpaired) electrons. The van der Waals surface area contributed by atoms with Crippen LogP contribution in [0, 0.1) is 11.3 Å². The standard InChI is InChI=1S/C25H22Cl2N4O5/c1-29-24(36)31(19-10-17(26)9-18(27)11-19)23(35)25(29)14-30(21(32)3-2-4-22(33)34)13-20(25)16-7-5-15(12-28)6-8-16/h5-11,20H,2-4,13-14H2,1H3,(H,33,34)/t20-,25+/m0/s1. The van der Waals surface area contributed by atoms with E-state index in [1.807, 2.05) is 0 Å². The number of likely N-dealkylation sites (tertiary alicyclic amines) is 1. The predicted molar refractivity (Wildman–Crippen MR) is 132 cm³/mol. The van der Waals surface area contributed by atoms with Crippen molar-refractivity contribution in [2.75, 3.05) is 25.0 Å². The number of carbonyl (C=O) groups is 4. The molecule has 0 bridgehead atoms. The zero-order valence-corrected chi connectivity index (χ0v) is 20.8. The number of benzene rings is 2. The number of likely N-dealkylation sites (N-methyl/N-ethyl adjacent to an activating group) is 1. The molecule has 2 aliphatic heterocycles. The lowest BCUT2D eigenvalue weighted by Gasteiger charge is -2.33. The fourth-order valence-corrected chi connectivity index (χ4v) is 5.46. The minimum atomic E-state index is -1.41. The molecule has 11 heteroatoms. The number of amides is 4.